The number of carboxylic acids is 1. The van der Waals surface area contributed by atoms with Gasteiger partial charge in [-0.25, -0.2) is 9.78 Å². The van der Waals surface area contributed by atoms with E-state index in [2.05, 4.69) is 38.8 Å². The van der Waals surface area contributed by atoms with Crippen molar-refractivity contribution in [2.45, 2.75) is 6.92 Å². The fourth-order valence-corrected chi connectivity index (χ4v) is 2.43. The average molecular weight is 549 g/mol. The summed E-state index contributed by atoms with van der Waals surface area (Å²) in [6.45, 7) is 2.04. The van der Waals surface area contributed by atoms with Crippen molar-refractivity contribution in [1.82, 2.24) is 14.5 Å². The molecule has 0 spiro atoms. The number of carboxylic acid groups (broad SMARTS) is 1. The van der Waals surface area contributed by atoms with Gasteiger partial charge in [0.2, 0.25) is 0 Å². The second kappa shape index (κ2) is 10.3. The van der Waals surface area contributed by atoms with Crippen molar-refractivity contribution in [2.24, 2.45) is 0 Å². The summed E-state index contributed by atoms with van der Waals surface area (Å²) in [5.41, 5.74) is 4.29. The van der Waals surface area contributed by atoms with E-state index in [1.54, 1.807) is 12.1 Å². The van der Waals surface area contributed by atoms with Gasteiger partial charge in [-0.15, -0.1) is 0 Å². The van der Waals surface area contributed by atoms with E-state index in [-0.39, 0.29) is 25.8 Å². The summed E-state index contributed by atoms with van der Waals surface area (Å²) >= 11 is 0. The van der Waals surface area contributed by atoms with E-state index in [1.807, 2.05) is 49.6 Å². The van der Waals surface area contributed by atoms with Gasteiger partial charge < -0.3 is 14.7 Å². The molecule has 4 rings (SSSR count). The summed E-state index contributed by atoms with van der Waals surface area (Å²) in [5.74, 6) is -0.990. The van der Waals surface area contributed by atoms with Crippen LogP contribution >= 0.6 is 0 Å². The molecule has 1 radical (unpaired) electrons. The molecule has 6 heteroatoms. The van der Waals surface area contributed by atoms with Crippen LogP contribution in [-0.4, -0.2) is 25.6 Å². The van der Waals surface area contributed by atoms with Gasteiger partial charge in [0, 0.05) is 38.2 Å². The zero-order chi connectivity index (χ0) is 19.1. The molecule has 0 atom stereocenters. The second-order valence-electron chi connectivity index (χ2n) is 5.76. The molecule has 0 unspecified atom stereocenters. The summed E-state index contributed by atoms with van der Waals surface area (Å²) in [5, 5.41) is 8.32. The summed E-state index contributed by atoms with van der Waals surface area (Å²) in [6, 6.07) is 24.2. The molecule has 1 N–H and O–H groups in total. The topological polar surface area (TPSA) is 68.0 Å². The largest absolute Gasteiger partial charge is 0.477 e. The fourth-order valence-electron chi connectivity index (χ4n) is 2.43. The molecular formula is C22H18IrN3O2-. The number of hydrogen-bond acceptors (Lipinski definition) is 3. The van der Waals surface area contributed by atoms with Gasteiger partial charge in [-0.3, -0.25) is 0 Å². The molecular weight excluding hydrogens is 530 g/mol. The van der Waals surface area contributed by atoms with Crippen molar-refractivity contribution in [2.75, 3.05) is 0 Å². The summed E-state index contributed by atoms with van der Waals surface area (Å²) in [4.78, 5) is 18.2. The van der Waals surface area contributed by atoms with Crippen molar-refractivity contribution in [3.05, 3.63) is 103 Å². The summed E-state index contributed by atoms with van der Waals surface area (Å²) in [6.07, 6.45) is 5.33. The van der Waals surface area contributed by atoms with Crippen LogP contribution in [0.3, 0.4) is 0 Å². The van der Waals surface area contributed by atoms with Crippen molar-refractivity contribution in [3.63, 3.8) is 0 Å². The molecule has 4 aromatic rings. The van der Waals surface area contributed by atoms with Gasteiger partial charge in [-0.2, -0.15) is 12.1 Å². The van der Waals surface area contributed by atoms with E-state index in [0.717, 1.165) is 22.6 Å². The van der Waals surface area contributed by atoms with E-state index in [9.17, 15) is 4.79 Å². The van der Waals surface area contributed by atoms with Crippen LogP contribution in [0.4, 0.5) is 0 Å². The Kier molecular flexibility index (Phi) is 7.81. The minimum atomic E-state index is -0.990. The molecule has 0 saturated carbocycles. The normalized spacial score (nSPS) is 9.61. The third-order valence-electron chi connectivity index (χ3n) is 3.76. The minimum Gasteiger partial charge on any atom is -0.477 e. The smallest absolute Gasteiger partial charge is 0.354 e. The Hall–Kier alpha value is -3.08. The molecule has 0 aliphatic heterocycles. The van der Waals surface area contributed by atoms with Crippen LogP contribution < -0.4 is 0 Å². The van der Waals surface area contributed by atoms with Crippen LogP contribution in [0.1, 0.15) is 16.1 Å². The first-order valence-electron chi connectivity index (χ1n) is 8.37. The molecule has 5 nitrogen and oxygen atoms in total. The zero-order valence-electron chi connectivity index (χ0n) is 15.1. The van der Waals surface area contributed by atoms with Crippen LogP contribution in [0.5, 0.6) is 0 Å². The van der Waals surface area contributed by atoms with Crippen molar-refractivity contribution in [3.8, 4) is 17.1 Å². The molecule has 1 aromatic carbocycles. The Morgan fingerprint density at radius 3 is 2.32 bits per heavy atom. The molecule has 28 heavy (non-hydrogen) atoms. The van der Waals surface area contributed by atoms with E-state index < -0.39 is 5.97 Å². The predicted octanol–water partition coefficient (Wildman–Crippen LogP) is 4.43. The first-order valence-corrected chi connectivity index (χ1v) is 8.37. The molecule has 0 aliphatic carbocycles. The van der Waals surface area contributed by atoms with Gasteiger partial charge in [-0.05, 0) is 42.4 Å². The van der Waals surface area contributed by atoms with E-state index in [0.29, 0.717) is 0 Å². The number of rotatable bonds is 3. The Labute approximate surface area is 177 Å². The SMILES string of the molecule is Cc1ccc(-c2[c-]ccn2-c2ccccc2)nc1.O=C(O)c1ccccn1.[Ir]. The number of aromatic nitrogens is 3. The number of pyridine rings is 2. The number of para-hydroxylation sites is 1. The number of benzene rings is 1. The maximum atomic E-state index is 10.1. The van der Waals surface area contributed by atoms with Gasteiger partial charge in [-0.1, -0.05) is 48.3 Å². The number of carbonyl (C=O) groups is 1. The Morgan fingerprint density at radius 1 is 1.00 bits per heavy atom. The number of hydrogen-bond donors (Lipinski definition) is 1. The third-order valence-corrected chi connectivity index (χ3v) is 3.76. The average Bonchev–Trinajstić information content (AvgIpc) is 3.20. The van der Waals surface area contributed by atoms with Crippen molar-refractivity contribution < 1.29 is 30.0 Å². The Balaban J connectivity index is 0.000000239. The molecule has 0 aliphatic rings. The minimum absolute atomic E-state index is 0. The molecule has 143 valence electrons. The summed E-state index contributed by atoms with van der Waals surface area (Å²) in [7, 11) is 0. The van der Waals surface area contributed by atoms with Crippen molar-refractivity contribution >= 4 is 5.97 Å². The number of aryl methyl sites for hydroxylation is 1. The summed E-state index contributed by atoms with van der Waals surface area (Å²) < 4.78 is 2.09. The maximum Gasteiger partial charge on any atom is 0.354 e. The van der Waals surface area contributed by atoms with Crippen LogP contribution in [0.15, 0.2) is 85.3 Å². The predicted molar refractivity (Wildman–Crippen MR) is 104 cm³/mol. The van der Waals surface area contributed by atoms with Crippen LogP contribution in [0, 0.1) is 13.0 Å². The van der Waals surface area contributed by atoms with E-state index in [1.165, 1.54) is 12.3 Å². The first-order chi connectivity index (χ1) is 13.1. The first kappa shape index (κ1) is 21.2. The third kappa shape index (κ3) is 5.46. The molecule has 0 amide bonds. The van der Waals surface area contributed by atoms with E-state index >= 15 is 0 Å². The van der Waals surface area contributed by atoms with Gasteiger partial charge >= 0.3 is 5.97 Å². The van der Waals surface area contributed by atoms with E-state index in [4.69, 9.17) is 5.11 Å². The Bertz CT molecular complexity index is 1000. The zero-order valence-corrected chi connectivity index (χ0v) is 17.5. The van der Waals surface area contributed by atoms with Crippen molar-refractivity contribution in [1.29, 1.82) is 0 Å². The molecule has 3 heterocycles. The van der Waals surface area contributed by atoms with Crippen LogP contribution in [0.25, 0.3) is 17.1 Å². The van der Waals surface area contributed by atoms with Gasteiger partial charge in [0.05, 0.1) is 0 Å². The quantitative estimate of drug-likeness (QED) is 0.385. The van der Waals surface area contributed by atoms with Gasteiger partial charge in [0.15, 0.2) is 0 Å². The van der Waals surface area contributed by atoms with Gasteiger partial charge in [0.25, 0.3) is 0 Å². The second-order valence-corrected chi connectivity index (χ2v) is 5.76. The van der Waals surface area contributed by atoms with Gasteiger partial charge in [0.1, 0.15) is 5.69 Å². The Morgan fingerprint density at radius 2 is 1.75 bits per heavy atom. The molecule has 3 aromatic heterocycles. The number of nitrogens with zero attached hydrogens (tertiary/aromatic N) is 3. The fraction of sp³-hybridized carbons (Fsp3) is 0.0455. The standard InChI is InChI=1S/C16H13N2.C6H5NO2.Ir/c1-13-9-10-15(17-12-13)16-8-5-11-18(16)14-6-3-2-4-7-14;8-6(9)5-3-1-2-4-7-5;/h2-7,9-12H,1H3;1-4H,(H,8,9);/q-1;;. The molecule has 0 fully saturated rings. The molecule has 0 saturated heterocycles. The number of aromatic carboxylic acids is 1. The van der Waals surface area contributed by atoms with Crippen LogP contribution in [0.2, 0.25) is 0 Å². The van der Waals surface area contributed by atoms with Crippen LogP contribution in [-0.2, 0) is 20.1 Å². The molecule has 0 bridgehead atoms. The maximum absolute atomic E-state index is 10.1. The monoisotopic (exact) mass is 549 g/mol.